The molecule has 6 nitrogen and oxygen atoms in total. The summed E-state index contributed by atoms with van der Waals surface area (Å²) in [5, 5.41) is 0.769. The van der Waals surface area contributed by atoms with Crippen LogP contribution in [0.4, 0.5) is 0 Å². The van der Waals surface area contributed by atoms with E-state index in [1.807, 2.05) is 55.5 Å². The molecule has 170 valence electrons. The number of fused-ring (bicyclic) bond motifs is 1. The highest BCUT2D eigenvalue weighted by molar-refractivity contribution is 5.92. The highest BCUT2D eigenvalue weighted by atomic mass is 16.5. The Morgan fingerprint density at radius 2 is 1.85 bits per heavy atom. The fourth-order valence-corrected chi connectivity index (χ4v) is 4.05. The van der Waals surface area contributed by atoms with Crippen molar-refractivity contribution in [2.75, 3.05) is 13.1 Å². The number of hydrogen-bond donors (Lipinski definition) is 0. The fraction of sp³-hybridized carbons (Fsp3) is 0.296. The van der Waals surface area contributed by atoms with Crippen molar-refractivity contribution in [3.8, 4) is 0 Å². The van der Waals surface area contributed by atoms with Gasteiger partial charge in [0.05, 0.1) is 5.92 Å². The average molecular weight is 446 g/mol. The number of esters is 1. The Morgan fingerprint density at radius 1 is 1.09 bits per heavy atom. The first-order valence-electron chi connectivity index (χ1n) is 11.3. The largest absolute Gasteiger partial charge is 0.461 e. The summed E-state index contributed by atoms with van der Waals surface area (Å²) >= 11 is 0. The predicted molar refractivity (Wildman–Crippen MR) is 126 cm³/mol. The lowest BCUT2D eigenvalue weighted by Gasteiger charge is -2.30. The number of ether oxygens (including phenoxy) is 1. The van der Waals surface area contributed by atoms with Gasteiger partial charge in [0.1, 0.15) is 12.2 Å². The summed E-state index contributed by atoms with van der Waals surface area (Å²) in [6, 6.07) is 16.8. The van der Waals surface area contributed by atoms with Crippen molar-refractivity contribution in [3.05, 3.63) is 87.8 Å². The van der Waals surface area contributed by atoms with Gasteiger partial charge in [-0.1, -0.05) is 49.4 Å². The molecule has 0 radical (unpaired) electrons. The Morgan fingerprint density at radius 3 is 2.58 bits per heavy atom. The van der Waals surface area contributed by atoms with Crippen molar-refractivity contribution in [2.24, 2.45) is 5.92 Å². The third kappa shape index (κ3) is 5.58. The second kappa shape index (κ2) is 10.3. The van der Waals surface area contributed by atoms with Gasteiger partial charge in [0.25, 0.3) is 0 Å². The molecule has 0 aliphatic carbocycles. The van der Waals surface area contributed by atoms with Crippen LogP contribution in [0.1, 0.15) is 36.5 Å². The van der Waals surface area contributed by atoms with Crippen molar-refractivity contribution in [2.45, 2.75) is 32.8 Å². The van der Waals surface area contributed by atoms with Gasteiger partial charge in [-0.25, -0.2) is 4.79 Å². The number of carbonyl (C=O) groups is 2. The molecule has 33 heavy (non-hydrogen) atoms. The van der Waals surface area contributed by atoms with E-state index in [2.05, 4.69) is 0 Å². The standard InChI is InChI=1S/C27H27NO5/c1-2-19-8-10-23-22(17-26(30)33-24(23)16-19)18-32-27(31)21-12-14-28(15-13-21)25(29)11-9-20-6-4-3-5-7-20/h3-11,16-17,21H,2,12-15,18H2,1H3/b11-9+. The van der Waals surface area contributed by atoms with E-state index in [0.717, 1.165) is 22.9 Å². The van der Waals surface area contributed by atoms with Crippen LogP contribution < -0.4 is 5.63 Å². The van der Waals surface area contributed by atoms with Crippen molar-refractivity contribution in [1.29, 1.82) is 0 Å². The van der Waals surface area contributed by atoms with Crippen LogP contribution in [0, 0.1) is 5.92 Å². The molecule has 2 aromatic carbocycles. The lowest BCUT2D eigenvalue weighted by Crippen LogP contribution is -2.39. The van der Waals surface area contributed by atoms with Crippen LogP contribution in [-0.4, -0.2) is 29.9 Å². The number of carbonyl (C=O) groups excluding carboxylic acids is 2. The van der Waals surface area contributed by atoms with Gasteiger partial charge in [0, 0.05) is 36.2 Å². The predicted octanol–water partition coefficient (Wildman–Crippen LogP) is 4.35. The minimum atomic E-state index is -0.461. The number of amides is 1. The number of likely N-dealkylation sites (tertiary alicyclic amines) is 1. The van der Waals surface area contributed by atoms with Gasteiger partial charge in [0.2, 0.25) is 5.91 Å². The van der Waals surface area contributed by atoms with Gasteiger partial charge in [-0.05, 0) is 42.5 Å². The second-order valence-corrected chi connectivity index (χ2v) is 8.23. The summed E-state index contributed by atoms with van der Waals surface area (Å²) in [5.74, 6) is -0.613. The average Bonchev–Trinajstić information content (AvgIpc) is 2.85. The lowest BCUT2D eigenvalue weighted by atomic mass is 9.97. The van der Waals surface area contributed by atoms with E-state index < -0.39 is 5.63 Å². The van der Waals surface area contributed by atoms with E-state index >= 15 is 0 Å². The molecule has 1 aromatic heterocycles. The molecular weight excluding hydrogens is 418 g/mol. The Bertz CT molecular complexity index is 1220. The SMILES string of the molecule is CCc1ccc2c(COC(=O)C3CCN(C(=O)/C=C/c4ccccc4)CC3)cc(=O)oc2c1. The Kier molecular flexibility index (Phi) is 7.03. The van der Waals surface area contributed by atoms with Crippen molar-refractivity contribution < 1.29 is 18.7 Å². The molecule has 0 spiro atoms. The fourth-order valence-electron chi connectivity index (χ4n) is 4.05. The first kappa shape index (κ1) is 22.5. The number of rotatable bonds is 6. The maximum atomic E-state index is 12.6. The Labute approximate surface area is 192 Å². The van der Waals surface area contributed by atoms with E-state index in [4.69, 9.17) is 9.15 Å². The molecule has 1 saturated heterocycles. The van der Waals surface area contributed by atoms with Crippen LogP contribution in [-0.2, 0) is 27.4 Å². The summed E-state index contributed by atoms with van der Waals surface area (Å²) in [4.78, 5) is 38.8. The van der Waals surface area contributed by atoms with Gasteiger partial charge in [-0.2, -0.15) is 0 Å². The van der Waals surface area contributed by atoms with Crippen LogP contribution in [0.5, 0.6) is 0 Å². The molecule has 0 atom stereocenters. The Hall–Kier alpha value is -3.67. The number of nitrogens with zero attached hydrogens (tertiary/aromatic N) is 1. The Balaban J connectivity index is 1.32. The minimum absolute atomic E-state index is 0.0192. The molecule has 3 aromatic rings. The number of aryl methyl sites for hydroxylation is 1. The quantitative estimate of drug-likeness (QED) is 0.320. The normalized spacial score (nSPS) is 14.6. The molecule has 2 heterocycles. The summed E-state index contributed by atoms with van der Waals surface area (Å²) in [5.41, 5.74) is 2.72. The first-order chi connectivity index (χ1) is 16.0. The summed E-state index contributed by atoms with van der Waals surface area (Å²) in [6.07, 6.45) is 5.32. The van der Waals surface area contributed by atoms with Crippen LogP contribution in [0.15, 0.2) is 69.9 Å². The summed E-state index contributed by atoms with van der Waals surface area (Å²) < 4.78 is 10.9. The zero-order chi connectivity index (χ0) is 23.2. The number of piperidine rings is 1. The van der Waals surface area contributed by atoms with Crippen LogP contribution in [0.25, 0.3) is 17.0 Å². The number of hydrogen-bond acceptors (Lipinski definition) is 5. The summed E-state index contributed by atoms with van der Waals surface area (Å²) in [6.45, 7) is 3.07. The highest BCUT2D eigenvalue weighted by Gasteiger charge is 2.27. The van der Waals surface area contributed by atoms with Crippen LogP contribution in [0.2, 0.25) is 0 Å². The molecule has 0 saturated carbocycles. The van der Waals surface area contributed by atoms with E-state index in [0.29, 0.717) is 37.1 Å². The second-order valence-electron chi connectivity index (χ2n) is 8.23. The van der Waals surface area contributed by atoms with E-state index in [-0.39, 0.29) is 24.4 Å². The van der Waals surface area contributed by atoms with Gasteiger partial charge in [0.15, 0.2) is 0 Å². The van der Waals surface area contributed by atoms with Gasteiger partial charge in [-0.3, -0.25) is 9.59 Å². The minimum Gasteiger partial charge on any atom is -0.461 e. The molecule has 0 N–H and O–H groups in total. The third-order valence-electron chi connectivity index (χ3n) is 6.03. The monoisotopic (exact) mass is 445 g/mol. The molecule has 0 bridgehead atoms. The van der Waals surface area contributed by atoms with Crippen molar-refractivity contribution in [1.82, 2.24) is 4.90 Å². The topological polar surface area (TPSA) is 76.8 Å². The maximum Gasteiger partial charge on any atom is 0.336 e. The van der Waals surface area contributed by atoms with E-state index in [1.165, 1.54) is 6.07 Å². The highest BCUT2D eigenvalue weighted by Crippen LogP contribution is 2.23. The van der Waals surface area contributed by atoms with Crippen molar-refractivity contribution in [3.63, 3.8) is 0 Å². The van der Waals surface area contributed by atoms with Crippen molar-refractivity contribution >= 4 is 28.9 Å². The van der Waals surface area contributed by atoms with Gasteiger partial charge < -0.3 is 14.1 Å². The zero-order valence-electron chi connectivity index (χ0n) is 18.7. The molecule has 1 aliphatic heterocycles. The number of benzene rings is 2. The molecule has 0 unspecified atom stereocenters. The van der Waals surface area contributed by atoms with Crippen LogP contribution >= 0.6 is 0 Å². The summed E-state index contributed by atoms with van der Waals surface area (Å²) in [7, 11) is 0. The molecular formula is C27H27NO5. The lowest BCUT2D eigenvalue weighted by molar-refractivity contribution is -0.152. The van der Waals surface area contributed by atoms with Gasteiger partial charge >= 0.3 is 11.6 Å². The third-order valence-corrected chi connectivity index (χ3v) is 6.03. The molecule has 1 aliphatic rings. The van der Waals surface area contributed by atoms with E-state index in [9.17, 15) is 14.4 Å². The van der Waals surface area contributed by atoms with Gasteiger partial charge in [-0.15, -0.1) is 0 Å². The maximum absolute atomic E-state index is 12.6. The first-order valence-corrected chi connectivity index (χ1v) is 11.3. The molecule has 1 fully saturated rings. The molecule has 6 heteroatoms. The van der Waals surface area contributed by atoms with E-state index in [1.54, 1.807) is 17.1 Å². The van der Waals surface area contributed by atoms with Crippen LogP contribution in [0.3, 0.4) is 0 Å². The molecule has 1 amide bonds. The zero-order valence-corrected chi connectivity index (χ0v) is 18.7. The molecule has 4 rings (SSSR count). The smallest absolute Gasteiger partial charge is 0.336 e.